The highest BCUT2D eigenvalue weighted by Crippen LogP contribution is 2.39. The summed E-state index contributed by atoms with van der Waals surface area (Å²) in [6.07, 6.45) is -3.78. The van der Waals surface area contributed by atoms with Crippen LogP contribution in [0.25, 0.3) is 0 Å². The quantitative estimate of drug-likeness (QED) is 0.464. The van der Waals surface area contributed by atoms with Gasteiger partial charge < -0.3 is 0 Å². The van der Waals surface area contributed by atoms with Gasteiger partial charge >= 0.3 is 6.18 Å². The van der Waals surface area contributed by atoms with Crippen molar-refractivity contribution in [1.29, 1.82) is 0 Å². The van der Waals surface area contributed by atoms with E-state index in [1.807, 2.05) is 6.92 Å². The van der Waals surface area contributed by atoms with E-state index in [-0.39, 0.29) is 16.6 Å². The van der Waals surface area contributed by atoms with Gasteiger partial charge in [0.25, 0.3) is 5.91 Å². The summed E-state index contributed by atoms with van der Waals surface area (Å²) in [6, 6.07) is 3.15. The number of aromatic nitrogens is 1. The molecule has 2 N–H and O–H groups in total. The van der Waals surface area contributed by atoms with Crippen molar-refractivity contribution in [3.8, 4) is 0 Å². The van der Waals surface area contributed by atoms with E-state index in [1.165, 1.54) is 25.2 Å². The van der Waals surface area contributed by atoms with Crippen LogP contribution in [0.5, 0.6) is 0 Å². The normalized spacial score (nSPS) is 18.5. The van der Waals surface area contributed by atoms with Crippen LogP contribution in [0.3, 0.4) is 0 Å². The van der Waals surface area contributed by atoms with Crippen LogP contribution in [-0.4, -0.2) is 59.2 Å². The average Bonchev–Trinajstić information content (AvgIpc) is 3.35. The predicted molar refractivity (Wildman–Crippen MR) is 111 cm³/mol. The SMILES string of the molecule is CC1CC1C(=S)N(C)NS(=O)(=O)CC(=O)NN(C)C(=S)c1cccc(C(F)(F)F)n1. The molecular formula is C16H20F3N5O3S3. The zero-order chi connectivity index (χ0) is 22.9. The Labute approximate surface area is 182 Å². The van der Waals surface area contributed by atoms with Crippen molar-refractivity contribution in [2.45, 2.75) is 19.5 Å². The maximum Gasteiger partial charge on any atom is 0.433 e. The number of nitrogens with one attached hydrogen (secondary N) is 2. The minimum Gasteiger partial charge on any atom is -0.291 e. The molecule has 0 aliphatic heterocycles. The third-order valence-corrected chi connectivity index (χ3v) is 6.46. The maximum absolute atomic E-state index is 12.8. The molecule has 14 heteroatoms. The molecule has 1 aliphatic rings. The minimum atomic E-state index is -4.65. The van der Waals surface area contributed by atoms with Gasteiger partial charge in [0.1, 0.15) is 16.4 Å². The number of sulfonamides is 1. The number of nitrogens with zero attached hydrogens (tertiary/aromatic N) is 3. The van der Waals surface area contributed by atoms with Gasteiger partial charge in [0, 0.05) is 20.0 Å². The number of amides is 1. The molecule has 0 bridgehead atoms. The largest absolute Gasteiger partial charge is 0.433 e. The molecule has 1 aromatic rings. The molecule has 2 atom stereocenters. The van der Waals surface area contributed by atoms with E-state index in [2.05, 4.69) is 15.2 Å². The molecule has 0 saturated heterocycles. The van der Waals surface area contributed by atoms with Gasteiger partial charge in [-0.25, -0.2) is 13.4 Å². The first-order valence-corrected chi connectivity index (χ1v) is 11.1. The molecule has 166 valence electrons. The van der Waals surface area contributed by atoms with Gasteiger partial charge in [0.05, 0.1) is 10.7 Å². The molecule has 2 rings (SSSR count). The molecule has 1 aromatic heterocycles. The Morgan fingerprint density at radius 1 is 1.27 bits per heavy atom. The van der Waals surface area contributed by atoms with Crippen molar-refractivity contribution >= 4 is 50.3 Å². The number of hydrazine groups is 2. The number of carbonyl (C=O) groups is 1. The van der Waals surface area contributed by atoms with Crippen molar-refractivity contribution in [3.05, 3.63) is 29.6 Å². The lowest BCUT2D eigenvalue weighted by molar-refractivity contribution is -0.141. The molecule has 0 radical (unpaired) electrons. The molecule has 2 unspecified atom stereocenters. The highest BCUT2D eigenvalue weighted by molar-refractivity contribution is 7.90. The van der Waals surface area contributed by atoms with E-state index in [1.54, 1.807) is 0 Å². The third-order valence-electron chi connectivity index (χ3n) is 4.21. The molecule has 1 fully saturated rings. The fraction of sp³-hybridized carbons (Fsp3) is 0.500. The Morgan fingerprint density at radius 3 is 2.40 bits per heavy atom. The molecule has 1 amide bonds. The summed E-state index contributed by atoms with van der Waals surface area (Å²) in [6.45, 7) is 1.99. The Balaban J connectivity index is 1.95. The fourth-order valence-electron chi connectivity index (χ4n) is 2.53. The summed E-state index contributed by atoms with van der Waals surface area (Å²) in [5.41, 5.74) is 0.856. The summed E-state index contributed by atoms with van der Waals surface area (Å²) in [7, 11) is -1.36. The number of hydrogen-bond acceptors (Lipinski definition) is 6. The lowest BCUT2D eigenvalue weighted by Crippen LogP contribution is -2.50. The molecule has 30 heavy (non-hydrogen) atoms. The van der Waals surface area contributed by atoms with Gasteiger partial charge in [-0.15, -0.1) is 4.83 Å². The van der Waals surface area contributed by atoms with Gasteiger partial charge in [-0.3, -0.25) is 20.2 Å². The highest BCUT2D eigenvalue weighted by atomic mass is 32.2. The van der Waals surface area contributed by atoms with Crippen molar-refractivity contribution in [2.75, 3.05) is 19.8 Å². The molecular weight excluding hydrogens is 463 g/mol. The second kappa shape index (κ2) is 9.08. The van der Waals surface area contributed by atoms with Gasteiger partial charge in [-0.2, -0.15) is 13.2 Å². The number of thiocarbonyl (C=S) groups is 2. The smallest absolute Gasteiger partial charge is 0.291 e. The van der Waals surface area contributed by atoms with Crippen LogP contribution >= 0.6 is 24.4 Å². The molecule has 8 nitrogen and oxygen atoms in total. The number of pyridine rings is 1. The van der Waals surface area contributed by atoms with E-state index >= 15 is 0 Å². The number of alkyl halides is 3. The first-order chi connectivity index (χ1) is 13.7. The Kier molecular flexibility index (Phi) is 7.37. The van der Waals surface area contributed by atoms with E-state index in [4.69, 9.17) is 24.4 Å². The van der Waals surface area contributed by atoms with Crippen LogP contribution in [0.2, 0.25) is 0 Å². The van der Waals surface area contributed by atoms with Gasteiger partial charge in [0.15, 0.2) is 0 Å². The summed E-state index contributed by atoms with van der Waals surface area (Å²) in [5, 5.41) is 2.11. The summed E-state index contributed by atoms with van der Waals surface area (Å²) in [5.74, 6) is -1.39. The Bertz CT molecular complexity index is 955. The van der Waals surface area contributed by atoms with Gasteiger partial charge in [-0.1, -0.05) is 37.4 Å². The third kappa shape index (κ3) is 6.55. The zero-order valence-corrected chi connectivity index (χ0v) is 18.7. The van der Waals surface area contributed by atoms with Crippen LogP contribution in [0.1, 0.15) is 24.7 Å². The van der Waals surface area contributed by atoms with Crippen LogP contribution in [0.4, 0.5) is 13.2 Å². The number of halogens is 3. The number of carbonyl (C=O) groups excluding carboxylic acids is 1. The molecule has 0 spiro atoms. The average molecular weight is 484 g/mol. The summed E-state index contributed by atoms with van der Waals surface area (Å²) in [4.78, 5) is 17.9. The second-order valence-corrected chi connectivity index (χ2v) is 9.38. The Morgan fingerprint density at radius 2 is 1.87 bits per heavy atom. The molecule has 1 saturated carbocycles. The second-order valence-electron chi connectivity index (χ2n) is 6.87. The molecule has 1 heterocycles. The maximum atomic E-state index is 12.8. The monoisotopic (exact) mass is 483 g/mol. The van der Waals surface area contributed by atoms with Gasteiger partial charge in [0.2, 0.25) is 10.0 Å². The van der Waals surface area contributed by atoms with Crippen LogP contribution in [0, 0.1) is 11.8 Å². The zero-order valence-electron chi connectivity index (χ0n) is 16.2. The first kappa shape index (κ1) is 24.4. The van der Waals surface area contributed by atoms with E-state index in [0.29, 0.717) is 10.9 Å². The van der Waals surface area contributed by atoms with Crippen molar-refractivity contribution in [2.24, 2.45) is 11.8 Å². The molecule has 0 aromatic carbocycles. The van der Waals surface area contributed by atoms with Crippen molar-refractivity contribution in [1.82, 2.24) is 25.3 Å². The fourth-order valence-corrected chi connectivity index (χ4v) is 4.11. The lowest BCUT2D eigenvalue weighted by Gasteiger charge is -2.23. The first-order valence-electron chi connectivity index (χ1n) is 8.60. The highest BCUT2D eigenvalue weighted by Gasteiger charge is 2.38. The van der Waals surface area contributed by atoms with Crippen LogP contribution in [-0.2, 0) is 21.0 Å². The standard InChI is InChI=1S/C16H20F3N5O3S3/c1-9-7-10(9)14(28)24(3)22-30(26,27)8-13(25)21-23(2)15(29)11-5-4-6-12(20-11)16(17,18)19/h4-6,9-10,22H,7-8H2,1-3H3,(H,21,25). The predicted octanol–water partition coefficient (Wildman–Crippen LogP) is 1.49. The van der Waals surface area contributed by atoms with Crippen molar-refractivity contribution in [3.63, 3.8) is 0 Å². The summed E-state index contributed by atoms with van der Waals surface area (Å²) >= 11 is 10.2. The Hall–Kier alpha value is -1.90. The van der Waals surface area contributed by atoms with Gasteiger partial charge in [-0.05, 0) is 24.5 Å². The lowest BCUT2D eigenvalue weighted by atomic mass is 10.3. The van der Waals surface area contributed by atoms with E-state index < -0.39 is 33.6 Å². The van der Waals surface area contributed by atoms with Crippen LogP contribution in [0.15, 0.2) is 18.2 Å². The number of rotatable bonds is 6. The van der Waals surface area contributed by atoms with E-state index in [0.717, 1.165) is 23.6 Å². The van der Waals surface area contributed by atoms with Crippen molar-refractivity contribution < 1.29 is 26.4 Å². The molecule has 1 aliphatic carbocycles. The number of hydrogen-bond donors (Lipinski definition) is 2. The minimum absolute atomic E-state index is 0.116. The van der Waals surface area contributed by atoms with Crippen LogP contribution < -0.4 is 10.3 Å². The van der Waals surface area contributed by atoms with E-state index in [9.17, 15) is 26.4 Å². The summed E-state index contributed by atoms with van der Waals surface area (Å²) < 4.78 is 62.8. The topological polar surface area (TPSA) is 94.6 Å².